The number of nitrogens with zero attached hydrogens (tertiary/aromatic N) is 8. The molecule has 11 heteroatoms. The first-order chi connectivity index (χ1) is 17.2. The number of aromatic amines is 1. The Morgan fingerprint density at radius 2 is 1.66 bits per heavy atom. The summed E-state index contributed by atoms with van der Waals surface area (Å²) in [5, 5.41) is 15.1. The van der Waals surface area contributed by atoms with E-state index in [0.717, 1.165) is 41.1 Å². The topological polar surface area (TPSA) is 118 Å². The highest BCUT2D eigenvalue weighted by Gasteiger charge is 2.27. The minimum Gasteiger partial charge on any atom is -0.377 e. The van der Waals surface area contributed by atoms with Crippen molar-refractivity contribution in [2.24, 2.45) is 0 Å². The molecule has 0 unspecified atom stereocenters. The van der Waals surface area contributed by atoms with Crippen LogP contribution < -0.4 is 9.80 Å². The summed E-state index contributed by atoms with van der Waals surface area (Å²) < 4.78 is 11.3. The molecule has 2 aliphatic rings. The van der Waals surface area contributed by atoms with Crippen LogP contribution in [0.4, 0.5) is 11.8 Å². The largest absolute Gasteiger partial charge is 0.377 e. The van der Waals surface area contributed by atoms with Gasteiger partial charge in [-0.2, -0.15) is 9.97 Å². The molecule has 2 atom stereocenters. The molecule has 180 valence electrons. The van der Waals surface area contributed by atoms with Crippen LogP contribution in [0, 0.1) is 0 Å². The summed E-state index contributed by atoms with van der Waals surface area (Å²) in [5.41, 5.74) is 3.35. The van der Waals surface area contributed by atoms with Gasteiger partial charge in [0.15, 0.2) is 11.5 Å². The van der Waals surface area contributed by atoms with Crippen molar-refractivity contribution in [3.8, 4) is 22.6 Å². The smallest absolute Gasteiger partial charge is 0.229 e. The van der Waals surface area contributed by atoms with Gasteiger partial charge in [0.05, 0.1) is 49.6 Å². The summed E-state index contributed by atoms with van der Waals surface area (Å²) in [4.78, 5) is 19.5. The third kappa shape index (κ3) is 4.17. The van der Waals surface area contributed by atoms with Crippen molar-refractivity contribution < 1.29 is 9.47 Å². The molecule has 1 aromatic carbocycles. The summed E-state index contributed by atoms with van der Waals surface area (Å²) >= 11 is 0. The zero-order valence-electron chi connectivity index (χ0n) is 19.8. The SMILES string of the molecule is C[C@H]1COCCN1c1nc(N2CCOC[C@@H]2C)c2ccc(-c3cccc(-c4nnn[nH]4)c3)nc2n1. The normalized spacial score (nSPS) is 21.0. The molecular formula is C24H27N9O2. The predicted octanol–water partition coefficient (Wildman–Crippen LogP) is 2.32. The van der Waals surface area contributed by atoms with E-state index in [9.17, 15) is 0 Å². The van der Waals surface area contributed by atoms with Gasteiger partial charge in [-0.25, -0.2) is 10.1 Å². The molecule has 0 amide bonds. The molecule has 1 N–H and O–H groups in total. The Morgan fingerprint density at radius 3 is 2.40 bits per heavy atom. The van der Waals surface area contributed by atoms with Crippen LogP contribution in [0.5, 0.6) is 0 Å². The number of morpholine rings is 2. The van der Waals surface area contributed by atoms with Crippen LogP contribution in [0.25, 0.3) is 33.7 Å². The van der Waals surface area contributed by atoms with Crippen LogP contribution >= 0.6 is 0 Å². The molecule has 2 fully saturated rings. The lowest BCUT2D eigenvalue weighted by Gasteiger charge is -2.37. The fraction of sp³-hybridized carbons (Fsp3) is 0.417. The number of benzene rings is 1. The Labute approximate surface area is 202 Å². The zero-order chi connectivity index (χ0) is 23.8. The number of fused-ring (bicyclic) bond motifs is 1. The van der Waals surface area contributed by atoms with E-state index in [1.165, 1.54) is 0 Å². The molecule has 3 aromatic heterocycles. The van der Waals surface area contributed by atoms with Crippen molar-refractivity contribution in [3.63, 3.8) is 0 Å². The summed E-state index contributed by atoms with van der Waals surface area (Å²) in [6.45, 7) is 8.48. The first kappa shape index (κ1) is 21.8. The van der Waals surface area contributed by atoms with Crippen molar-refractivity contribution in [3.05, 3.63) is 36.4 Å². The highest BCUT2D eigenvalue weighted by Crippen LogP contribution is 2.32. The molecular weight excluding hydrogens is 446 g/mol. The van der Waals surface area contributed by atoms with Gasteiger partial charge in [-0.15, -0.1) is 5.10 Å². The Balaban J connectivity index is 1.47. The number of ether oxygens (including phenoxy) is 2. The Kier molecular flexibility index (Phi) is 5.71. The average Bonchev–Trinajstić information content (AvgIpc) is 3.44. The standard InChI is InChI=1S/C24H27N9O2/c1-15-13-34-10-8-32(15)23-19-6-7-20(17-4-3-5-18(12-17)21-28-30-31-29-21)25-22(19)26-24(27-23)33-9-11-35-14-16(33)2/h3-7,12,15-16H,8-11,13-14H2,1-2H3,(H,28,29,30,31)/t15-,16-/m0/s1. The van der Waals surface area contributed by atoms with Gasteiger partial charge in [0.25, 0.3) is 0 Å². The molecule has 0 saturated carbocycles. The summed E-state index contributed by atoms with van der Waals surface area (Å²) in [6, 6.07) is 12.5. The summed E-state index contributed by atoms with van der Waals surface area (Å²) in [5.74, 6) is 2.20. The number of rotatable bonds is 4. The number of tetrazole rings is 1. The molecule has 0 bridgehead atoms. The van der Waals surface area contributed by atoms with Crippen molar-refractivity contribution in [2.75, 3.05) is 49.3 Å². The summed E-state index contributed by atoms with van der Waals surface area (Å²) in [6.07, 6.45) is 0. The second-order valence-electron chi connectivity index (χ2n) is 8.98. The highest BCUT2D eigenvalue weighted by atomic mass is 16.5. The van der Waals surface area contributed by atoms with Crippen LogP contribution in [0.2, 0.25) is 0 Å². The zero-order valence-corrected chi connectivity index (χ0v) is 19.8. The number of anilines is 2. The van der Waals surface area contributed by atoms with Crippen molar-refractivity contribution in [1.82, 2.24) is 35.6 Å². The summed E-state index contributed by atoms with van der Waals surface area (Å²) in [7, 11) is 0. The van der Waals surface area contributed by atoms with Gasteiger partial charge in [0, 0.05) is 24.2 Å². The molecule has 11 nitrogen and oxygen atoms in total. The van der Waals surface area contributed by atoms with Gasteiger partial charge in [0.1, 0.15) is 5.82 Å². The number of hydrogen-bond donors (Lipinski definition) is 1. The van der Waals surface area contributed by atoms with E-state index >= 15 is 0 Å². The van der Waals surface area contributed by atoms with E-state index < -0.39 is 0 Å². The average molecular weight is 474 g/mol. The third-order valence-electron chi connectivity index (χ3n) is 6.57. The maximum atomic E-state index is 5.68. The number of hydrogen-bond acceptors (Lipinski definition) is 10. The molecule has 2 saturated heterocycles. The van der Waals surface area contributed by atoms with E-state index in [0.29, 0.717) is 43.8 Å². The molecule has 6 rings (SSSR count). The third-order valence-corrected chi connectivity index (χ3v) is 6.57. The van der Waals surface area contributed by atoms with Gasteiger partial charge < -0.3 is 19.3 Å². The lowest BCUT2D eigenvalue weighted by molar-refractivity contribution is 0.0973. The Morgan fingerprint density at radius 1 is 0.886 bits per heavy atom. The number of aromatic nitrogens is 7. The van der Waals surface area contributed by atoms with Crippen LogP contribution in [-0.4, -0.2) is 87.2 Å². The lowest BCUT2D eigenvalue weighted by Crippen LogP contribution is -2.46. The molecule has 5 heterocycles. The van der Waals surface area contributed by atoms with E-state index in [1.54, 1.807) is 0 Å². The molecule has 4 aromatic rings. The van der Waals surface area contributed by atoms with Crippen molar-refractivity contribution in [2.45, 2.75) is 25.9 Å². The maximum Gasteiger partial charge on any atom is 0.229 e. The number of H-pyrrole nitrogens is 1. The number of nitrogens with one attached hydrogen (secondary N) is 1. The van der Waals surface area contributed by atoms with Gasteiger partial charge in [-0.1, -0.05) is 18.2 Å². The van der Waals surface area contributed by atoms with Gasteiger partial charge >= 0.3 is 0 Å². The van der Waals surface area contributed by atoms with Crippen molar-refractivity contribution >= 4 is 22.8 Å². The minimum atomic E-state index is 0.187. The van der Waals surface area contributed by atoms with Gasteiger partial charge in [-0.3, -0.25) is 0 Å². The Bertz CT molecular complexity index is 1330. The number of pyridine rings is 1. The first-order valence-electron chi connectivity index (χ1n) is 11.9. The Hall–Kier alpha value is -3.70. The lowest BCUT2D eigenvalue weighted by atomic mass is 10.1. The molecule has 0 radical (unpaired) electrons. The molecule has 0 aliphatic carbocycles. The van der Waals surface area contributed by atoms with Crippen LogP contribution in [0.3, 0.4) is 0 Å². The van der Waals surface area contributed by atoms with Crippen LogP contribution in [0.1, 0.15) is 13.8 Å². The minimum absolute atomic E-state index is 0.187. The van der Waals surface area contributed by atoms with Gasteiger partial charge in [-0.05, 0) is 42.5 Å². The van der Waals surface area contributed by atoms with Gasteiger partial charge in [0.2, 0.25) is 5.95 Å². The quantitative estimate of drug-likeness (QED) is 0.473. The van der Waals surface area contributed by atoms with E-state index in [4.69, 9.17) is 24.4 Å². The highest BCUT2D eigenvalue weighted by molar-refractivity contribution is 5.90. The molecule has 35 heavy (non-hydrogen) atoms. The van der Waals surface area contributed by atoms with Crippen LogP contribution in [0.15, 0.2) is 36.4 Å². The van der Waals surface area contributed by atoms with E-state index in [1.807, 2.05) is 30.3 Å². The second-order valence-corrected chi connectivity index (χ2v) is 8.98. The molecule has 2 aliphatic heterocycles. The van der Waals surface area contributed by atoms with Crippen LogP contribution in [-0.2, 0) is 9.47 Å². The van der Waals surface area contributed by atoms with Crippen molar-refractivity contribution in [1.29, 1.82) is 0 Å². The van der Waals surface area contributed by atoms with E-state index in [-0.39, 0.29) is 12.1 Å². The fourth-order valence-electron chi connectivity index (χ4n) is 4.66. The van der Waals surface area contributed by atoms with E-state index in [2.05, 4.69) is 50.3 Å². The predicted molar refractivity (Wildman–Crippen MR) is 131 cm³/mol. The fourth-order valence-corrected chi connectivity index (χ4v) is 4.66. The second kappa shape index (κ2) is 9.16. The molecule has 0 spiro atoms. The monoisotopic (exact) mass is 473 g/mol. The first-order valence-corrected chi connectivity index (χ1v) is 11.9. The maximum absolute atomic E-state index is 5.68.